The molecule has 0 bridgehead atoms. The molecule has 3 heterocycles. The van der Waals surface area contributed by atoms with E-state index in [1.807, 2.05) is 34.7 Å². The van der Waals surface area contributed by atoms with Crippen molar-refractivity contribution in [1.82, 2.24) is 24.6 Å². The number of aromatic nitrogens is 4. The third-order valence-corrected chi connectivity index (χ3v) is 6.40. The fourth-order valence-electron chi connectivity index (χ4n) is 3.96. The van der Waals surface area contributed by atoms with Gasteiger partial charge in [0.05, 0.1) is 11.3 Å². The van der Waals surface area contributed by atoms with E-state index in [-0.39, 0.29) is 5.91 Å². The summed E-state index contributed by atoms with van der Waals surface area (Å²) in [4.78, 5) is 19.2. The fourth-order valence-corrected chi connectivity index (χ4v) is 5.01. The first kappa shape index (κ1) is 18.7. The van der Waals surface area contributed by atoms with Gasteiger partial charge >= 0.3 is 0 Å². The zero-order valence-electron chi connectivity index (χ0n) is 15.6. The van der Waals surface area contributed by atoms with Crippen LogP contribution in [-0.4, -0.2) is 49.4 Å². The number of fused-ring (bicyclic) bond motifs is 3. The van der Waals surface area contributed by atoms with Gasteiger partial charge in [-0.25, -0.2) is 4.98 Å². The van der Waals surface area contributed by atoms with Crippen molar-refractivity contribution < 1.29 is 4.79 Å². The Bertz CT molecular complexity index is 1010. The van der Waals surface area contributed by atoms with E-state index in [1.54, 1.807) is 0 Å². The van der Waals surface area contributed by atoms with Gasteiger partial charge in [-0.3, -0.25) is 4.79 Å². The molecular weight excluding hydrogens is 426 g/mol. The summed E-state index contributed by atoms with van der Waals surface area (Å²) in [5.74, 6) is 1.63. The Morgan fingerprint density at radius 1 is 1.26 bits per heavy atom. The van der Waals surface area contributed by atoms with E-state index in [0.29, 0.717) is 22.7 Å². The number of rotatable bonds is 3. The van der Waals surface area contributed by atoms with Crippen molar-refractivity contribution >= 4 is 55.7 Å². The van der Waals surface area contributed by atoms with E-state index in [9.17, 15) is 4.79 Å². The van der Waals surface area contributed by atoms with Crippen LogP contribution < -0.4 is 0 Å². The number of thioether (sulfide) groups is 1. The van der Waals surface area contributed by atoms with Crippen molar-refractivity contribution in [2.24, 2.45) is 18.9 Å². The van der Waals surface area contributed by atoms with Gasteiger partial charge in [0.2, 0.25) is 11.1 Å². The molecule has 0 aliphatic carbocycles. The number of nitrogens with zero attached hydrogens (tertiary/aromatic N) is 5. The maximum atomic E-state index is 12.6. The quantitative estimate of drug-likeness (QED) is 0.570. The lowest BCUT2D eigenvalue weighted by atomic mass is 9.92. The van der Waals surface area contributed by atoms with Crippen LogP contribution in [0.4, 0.5) is 0 Å². The fraction of sp³-hybridized carbons (Fsp3) is 0.474. The van der Waals surface area contributed by atoms with E-state index in [4.69, 9.17) is 0 Å². The number of amides is 1. The molecule has 3 aromatic rings. The van der Waals surface area contributed by atoms with Crippen molar-refractivity contribution in [3.05, 3.63) is 22.7 Å². The Kier molecular flexibility index (Phi) is 5.11. The number of aryl methyl sites for hydroxylation is 1. The smallest absolute Gasteiger partial charge is 0.233 e. The maximum absolute atomic E-state index is 12.6. The molecule has 0 N–H and O–H groups in total. The van der Waals surface area contributed by atoms with Crippen molar-refractivity contribution in [2.75, 3.05) is 18.8 Å². The minimum atomic E-state index is 0.156. The highest BCUT2D eigenvalue weighted by molar-refractivity contribution is 9.10. The molecule has 2 atom stereocenters. The van der Waals surface area contributed by atoms with Crippen LogP contribution in [0.25, 0.3) is 22.1 Å². The maximum Gasteiger partial charge on any atom is 0.233 e. The molecule has 1 saturated heterocycles. The molecule has 1 aromatic carbocycles. The van der Waals surface area contributed by atoms with Crippen molar-refractivity contribution in [2.45, 2.75) is 25.4 Å². The minimum Gasteiger partial charge on any atom is -0.341 e. The van der Waals surface area contributed by atoms with Gasteiger partial charge in [0.1, 0.15) is 5.52 Å². The molecule has 1 amide bonds. The van der Waals surface area contributed by atoms with Crippen LogP contribution in [0, 0.1) is 11.8 Å². The van der Waals surface area contributed by atoms with E-state index < -0.39 is 0 Å². The molecule has 6 nitrogen and oxygen atoms in total. The number of benzene rings is 1. The average Bonchev–Trinajstić information content (AvgIpc) is 2.90. The van der Waals surface area contributed by atoms with Gasteiger partial charge in [-0.2, -0.15) is 0 Å². The predicted molar refractivity (Wildman–Crippen MR) is 112 cm³/mol. The molecule has 0 spiro atoms. The largest absolute Gasteiger partial charge is 0.341 e. The highest BCUT2D eigenvalue weighted by Gasteiger charge is 2.25. The molecular formula is C19H22BrN5OS. The first-order valence-corrected chi connectivity index (χ1v) is 10.9. The summed E-state index contributed by atoms with van der Waals surface area (Å²) in [6.45, 7) is 6.12. The second-order valence-electron chi connectivity index (χ2n) is 7.52. The molecule has 8 heteroatoms. The van der Waals surface area contributed by atoms with Gasteiger partial charge in [-0.1, -0.05) is 41.5 Å². The topological polar surface area (TPSA) is 63.9 Å². The summed E-state index contributed by atoms with van der Waals surface area (Å²) < 4.78 is 3.02. The normalized spacial score (nSPS) is 20.5. The molecule has 1 aliphatic rings. The lowest BCUT2D eigenvalue weighted by Gasteiger charge is -2.34. The summed E-state index contributed by atoms with van der Waals surface area (Å²) in [6.07, 6.45) is 1.19. The monoisotopic (exact) mass is 447 g/mol. The third kappa shape index (κ3) is 3.69. The molecule has 0 unspecified atom stereocenters. The molecule has 1 aliphatic heterocycles. The molecule has 4 rings (SSSR count). The Balaban J connectivity index is 1.53. The first-order valence-electron chi connectivity index (χ1n) is 9.11. The van der Waals surface area contributed by atoms with E-state index >= 15 is 0 Å². The summed E-state index contributed by atoms with van der Waals surface area (Å²) in [7, 11) is 1.98. The summed E-state index contributed by atoms with van der Waals surface area (Å²) in [5.41, 5.74) is 2.63. The first-order chi connectivity index (χ1) is 12.9. The Hall–Kier alpha value is -1.67. The summed E-state index contributed by atoms with van der Waals surface area (Å²) in [5, 5.41) is 10.2. The number of likely N-dealkylation sites (tertiary alicyclic amines) is 1. The number of hydrogen-bond donors (Lipinski definition) is 0. The van der Waals surface area contributed by atoms with Crippen LogP contribution in [-0.2, 0) is 11.8 Å². The van der Waals surface area contributed by atoms with Crippen molar-refractivity contribution in [3.8, 4) is 0 Å². The highest BCUT2D eigenvalue weighted by Crippen LogP contribution is 2.29. The summed E-state index contributed by atoms with van der Waals surface area (Å²) in [6, 6.07) is 6.07. The SMILES string of the molecule is C[C@H]1C[C@H](C)CN(C(=O)CSc2nnc3c4cc(Br)ccc4n(C)c3n2)C1. The van der Waals surface area contributed by atoms with Crippen LogP contribution in [0.5, 0.6) is 0 Å². The van der Waals surface area contributed by atoms with Crippen LogP contribution in [0.2, 0.25) is 0 Å². The number of carbonyl (C=O) groups is 1. The van der Waals surface area contributed by atoms with Crippen molar-refractivity contribution in [3.63, 3.8) is 0 Å². The predicted octanol–water partition coefficient (Wildman–Crippen LogP) is 3.88. The van der Waals surface area contributed by atoms with Gasteiger partial charge in [-0.05, 0) is 36.5 Å². The van der Waals surface area contributed by atoms with E-state index in [0.717, 1.165) is 39.6 Å². The lowest BCUT2D eigenvalue weighted by Crippen LogP contribution is -2.43. The number of carbonyl (C=O) groups excluding carboxylic acids is 1. The Morgan fingerprint density at radius 2 is 2.00 bits per heavy atom. The molecule has 27 heavy (non-hydrogen) atoms. The average molecular weight is 448 g/mol. The second-order valence-corrected chi connectivity index (χ2v) is 9.38. The molecule has 2 aromatic heterocycles. The second kappa shape index (κ2) is 7.39. The van der Waals surface area contributed by atoms with Gasteiger partial charge in [0.15, 0.2) is 5.65 Å². The van der Waals surface area contributed by atoms with E-state index in [2.05, 4.69) is 45.0 Å². The van der Waals surface area contributed by atoms with Gasteiger partial charge in [0.25, 0.3) is 0 Å². The zero-order valence-corrected chi connectivity index (χ0v) is 18.0. The van der Waals surface area contributed by atoms with Gasteiger partial charge < -0.3 is 9.47 Å². The van der Waals surface area contributed by atoms with Crippen LogP contribution in [0.3, 0.4) is 0 Å². The van der Waals surface area contributed by atoms with Crippen LogP contribution in [0.15, 0.2) is 27.8 Å². The van der Waals surface area contributed by atoms with E-state index in [1.165, 1.54) is 18.2 Å². The Morgan fingerprint density at radius 3 is 2.74 bits per heavy atom. The third-order valence-electron chi connectivity index (χ3n) is 5.09. The molecule has 1 fully saturated rings. The zero-order chi connectivity index (χ0) is 19.1. The molecule has 0 radical (unpaired) electrons. The minimum absolute atomic E-state index is 0.156. The van der Waals surface area contributed by atoms with Crippen LogP contribution >= 0.6 is 27.7 Å². The number of piperidine rings is 1. The molecule has 142 valence electrons. The van der Waals surface area contributed by atoms with Crippen LogP contribution in [0.1, 0.15) is 20.3 Å². The summed E-state index contributed by atoms with van der Waals surface area (Å²) >= 11 is 4.87. The Labute approximate surface area is 170 Å². The molecule has 0 saturated carbocycles. The highest BCUT2D eigenvalue weighted by atomic mass is 79.9. The number of halogens is 1. The van der Waals surface area contributed by atoms with Gasteiger partial charge in [-0.15, -0.1) is 10.2 Å². The lowest BCUT2D eigenvalue weighted by molar-refractivity contribution is -0.130. The van der Waals surface area contributed by atoms with Crippen molar-refractivity contribution in [1.29, 1.82) is 0 Å². The number of hydrogen-bond acceptors (Lipinski definition) is 5. The van der Waals surface area contributed by atoms with Gasteiger partial charge in [0, 0.05) is 30.0 Å². The standard InChI is InChI=1S/C19H22BrN5OS/c1-11-6-12(2)9-25(8-11)16(26)10-27-19-21-18-17(22-23-19)14-7-13(20)4-5-15(14)24(18)3/h4-5,7,11-12H,6,8-10H2,1-3H3/t11-,12-/m0/s1.